The topological polar surface area (TPSA) is 103 Å². The largest absolute Gasteiger partial charge is 0.353 e. The van der Waals surface area contributed by atoms with Crippen LogP contribution in [0.5, 0.6) is 0 Å². The smallest absolute Gasteiger partial charge is 0.239 e. The number of aromatic nitrogens is 4. The molecule has 3 aromatic heterocycles. The Bertz CT molecular complexity index is 1170. The van der Waals surface area contributed by atoms with Crippen LogP contribution in [0.4, 0.5) is 10.8 Å². The van der Waals surface area contributed by atoms with Crippen LogP contribution in [-0.2, 0) is 24.7 Å². The molecule has 4 heterocycles. The first-order valence-electron chi connectivity index (χ1n) is 10.6. The van der Waals surface area contributed by atoms with E-state index in [4.69, 9.17) is 0 Å². The zero-order valence-electron chi connectivity index (χ0n) is 17.5. The molecule has 2 aliphatic rings. The minimum atomic E-state index is -0.0553. The summed E-state index contributed by atoms with van der Waals surface area (Å²) in [6.45, 7) is 3.43. The molecule has 9 nitrogen and oxygen atoms in total. The van der Waals surface area contributed by atoms with E-state index in [9.17, 15) is 10.1 Å². The average Bonchev–Trinajstić information content (AvgIpc) is 3.34. The van der Waals surface area contributed by atoms with Gasteiger partial charge in [-0.05, 0) is 31.2 Å². The van der Waals surface area contributed by atoms with Gasteiger partial charge >= 0.3 is 0 Å². The Kier molecular flexibility index (Phi) is 5.29. The van der Waals surface area contributed by atoms with Crippen molar-refractivity contribution in [2.24, 2.45) is 7.05 Å². The lowest BCUT2D eigenvalue weighted by molar-refractivity contribution is -0.117. The number of nitrogens with one attached hydrogen (secondary N) is 1. The molecule has 0 unspecified atom stereocenters. The number of thiophene rings is 1. The summed E-state index contributed by atoms with van der Waals surface area (Å²) in [5, 5.41) is 18.5. The minimum Gasteiger partial charge on any atom is -0.353 e. The Balaban J connectivity index is 1.21. The number of anilines is 2. The molecule has 0 atom stereocenters. The van der Waals surface area contributed by atoms with Gasteiger partial charge in [-0.3, -0.25) is 14.4 Å². The van der Waals surface area contributed by atoms with Gasteiger partial charge in [-0.2, -0.15) is 10.4 Å². The number of hydrogen-bond donors (Lipinski definition) is 1. The summed E-state index contributed by atoms with van der Waals surface area (Å²) < 4.78 is 1.75. The van der Waals surface area contributed by atoms with E-state index in [1.54, 1.807) is 28.5 Å². The maximum atomic E-state index is 12.7. The predicted octanol–water partition coefficient (Wildman–Crippen LogP) is 1.94. The molecule has 31 heavy (non-hydrogen) atoms. The van der Waals surface area contributed by atoms with Gasteiger partial charge in [-0.15, -0.1) is 11.3 Å². The first kappa shape index (κ1) is 19.9. The summed E-state index contributed by atoms with van der Waals surface area (Å²) in [4.78, 5) is 27.1. The van der Waals surface area contributed by atoms with Gasteiger partial charge in [0.2, 0.25) is 5.91 Å². The van der Waals surface area contributed by atoms with Gasteiger partial charge in [0.25, 0.3) is 0 Å². The van der Waals surface area contributed by atoms with E-state index in [1.165, 1.54) is 4.88 Å². The number of carbonyl (C=O) groups is 1. The van der Waals surface area contributed by atoms with Gasteiger partial charge in [-0.25, -0.2) is 9.97 Å². The van der Waals surface area contributed by atoms with E-state index in [-0.39, 0.29) is 5.91 Å². The molecule has 160 valence electrons. The van der Waals surface area contributed by atoms with Gasteiger partial charge in [0.05, 0.1) is 23.7 Å². The molecular formula is C21H24N8OS. The maximum absolute atomic E-state index is 12.7. The Hall–Kier alpha value is -3.03. The summed E-state index contributed by atoms with van der Waals surface area (Å²) in [5.74, 6) is 0.838. The molecule has 0 spiro atoms. The first-order valence-corrected chi connectivity index (χ1v) is 11.4. The van der Waals surface area contributed by atoms with Crippen LogP contribution in [-0.4, -0.2) is 63.3 Å². The normalized spacial score (nSPS) is 16.8. The van der Waals surface area contributed by atoms with Crippen molar-refractivity contribution in [3.8, 4) is 6.07 Å². The fourth-order valence-corrected chi connectivity index (χ4v) is 5.72. The fourth-order valence-electron chi connectivity index (χ4n) is 4.46. The van der Waals surface area contributed by atoms with Crippen LogP contribution in [0, 0.1) is 11.3 Å². The number of nitrogens with zero attached hydrogens (tertiary/aromatic N) is 7. The quantitative estimate of drug-likeness (QED) is 0.667. The lowest BCUT2D eigenvalue weighted by Crippen LogP contribution is -2.49. The summed E-state index contributed by atoms with van der Waals surface area (Å²) in [7, 11) is 1.87. The molecule has 0 saturated carbocycles. The van der Waals surface area contributed by atoms with E-state index >= 15 is 0 Å². The van der Waals surface area contributed by atoms with E-state index < -0.39 is 0 Å². The molecule has 1 N–H and O–H groups in total. The SMILES string of the molecule is Cn1ncc2c(N3CCN(CC(=O)Nc4sc5c(c4C#N)CCCC5)CC3)ncnc21. The van der Waals surface area contributed by atoms with Crippen LogP contribution in [0.3, 0.4) is 0 Å². The van der Waals surface area contributed by atoms with Gasteiger partial charge in [0.15, 0.2) is 5.65 Å². The van der Waals surface area contributed by atoms with Crippen molar-refractivity contribution in [1.29, 1.82) is 5.26 Å². The highest BCUT2D eigenvalue weighted by atomic mass is 32.1. The predicted molar refractivity (Wildman–Crippen MR) is 119 cm³/mol. The highest BCUT2D eigenvalue weighted by Crippen LogP contribution is 2.37. The minimum absolute atomic E-state index is 0.0553. The fraction of sp³-hybridized carbons (Fsp3) is 0.476. The van der Waals surface area contributed by atoms with Crippen molar-refractivity contribution in [2.45, 2.75) is 25.7 Å². The number of rotatable bonds is 4. The molecule has 1 fully saturated rings. The van der Waals surface area contributed by atoms with Crippen LogP contribution in [0.25, 0.3) is 11.0 Å². The molecule has 0 radical (unpaired) electrons. The summed E-state index contributed by atoms with van der Waals surface area (Å²) in [6, 6.07) is 2.31. The molecule has 5 rings (SSSR count). The Morgan fingerprint density at radius 1 is 1.23 bits per heavy atom. The monoisotopic (exact) mass is 436 g/mol. The Morgan fingerprint density at radius 2 is 2.03 bits per heavy atom. The summed E-state index contributed by atoms with van der Waals surface area (Å²) in [5.41, 5.74) is 2.63. The van der Waals surface area contributed by atoms with Crippen LogP contribution < -0.4 is 10.2 Å². The summed E-state index contributed by atoms with van der Waals surface area (Å²) in [6.07, 6.45) is 7.62. The van der Waals surface area contributed by atoms with E-state index in [2.05, 4.69) is 36.3 Å². The second-order valence-corrected chi connectivity index (χ2v) is 9.15. The number of carbonyl (C=O) groups excluding carboxylic acids is 1. The van der Waals surface area contributed by atoms with Gasteiger partial charge in [0.1, 0.15) is 23.2 Å². The van der Waals surface area contributed by atoms with E-state index in [0.717, 1.165) is 79.3 Å². The highest BCUT2D eigenvalue weighted by molar-refractivity contribution is 7.16. The Labute approximate surface area is 184 Å². The zero-order chi connectivity index (χ0) is 21.4. The van der Waals surface area contributed by atoms with Gasteiger partial charge < -0.3 is 10.2 Å². The van der Waals surface area contributed by atoms with Crippen molar-refractivity contribution >= 4 is 39.1 Å². The summed E-state index contributed by atoms with van der Waals surface area (Å²) >= 11 is 1.57. The third-order valence-corrected chi connectivity index (χ3v) is 7.29. The zero-order valence-corrected chi connectivity index (χ0v) is 18.3. The standard InChI is InChI=1S/C21H24N8OS/c1-27-19-16(11-25-27)20(24-13-23-19)29-8-6-28(7-9-29)12-18(30)26-21-15(10-22)14-4-2-3-5-17(14)31-21/h11,13H,2-9,12H2,1H3,(H,26,30). The number of amides is 1. The molecule has 0 bridgehead atoms. The maximum Gasteiger partial charge on any atom is 0.239 e. The van der Waals surface area contributed by atoms with Crippen LogP contribution in [0.15, 0.2) is 12.5 Å². The van der Waals surface area contributed by atoms with E-state index in [0.29, 0.717) is 12.1 Å². The van der Waals surface area contributed by atoms with Gasteiger partial charge in [-0.1, -0.05) is 0 Å². The molecule has 1 saturated heterocycles. The Morgan fingerprint density at radius 3 is 2.84 bits per heavy atom. The lowest BCUT2D eigenvalue weighted by Gasteiger charge is -2.35. The molecule has 3 aromatic rings. The second-order valence-electron chi connectivity index (χ2n) is 8.04. The molecule has 10 heteroatoms. The third kappa shape index (κ3) is 3.75. The van der Waals surface area contributed by atoms with Crippen LogP contribution in [0.1, 0.15) is 28.8 Å². The molecular weight excluding hydrogens is 412 g/mol. The van der Waals surface area contributed by atoms with Crippen molar-refractivity contribution in [3.63, 3.8) is 0 Å². The van der Waals surface area contributed by atoms with Crippen LogP contribution >= 0.6 is 11.3 Å². The number of fused-ring (bicyclic) bond motifs is 2. The average molecular weight is 437 g/mol. The molecule has 1 aliphatic carbocycles. The van der Waals surface area contributed by atoms with Crippen molar-refractivity contribution in [2.75, 3.05) is 42.9 Å². The second kappa shape index (κ2) is 8.24. The lowest BCUT2D eigenvalue weighted by atomic mass is 9.96. The van der Waals surface area contributed by atoms with E-state index in [1.807, 2.05) is 7.05 Å². The van der Waals surface area contributed by atoms with Crippen molar-refractivity contribution in [1.82, 2.24) is 24.6 Å². The highest BCUT2D eigenvalue weighted by Gasteiger charge is 2.25. The molecule has 1 aliphatic heterocycles. The van der Waals surface area contributed by atoms with Crippen LogP contribution in [0.2, 0.25) is 0 Å². The molecule has 0 aromatic carbocycles. The first-order chi connectivity index (χ1) is 15.1. The van der Waals surface area contributed by atoms with Crippen molar-refractivity contribution in [3.05, 3.63) is 28.5 Å². The number of nitriles is 1. The van der Waals surface area contributed by atoms with Gasteiger partial charge in [0, 0.05) is 38.1 Å². The molecule has 1 amide bonds. The number of hydrogen-bond acceptors (Lipinski definition) is 8. The number of aryl methyl sites for hydroxylation is 2. The number of piperazine rings is 1. The van der Waals surface area contributed by atoms with Crippen molar-refractivity contribution < 1.29 is 4.79 Å². The third-order valence-electron chi connectivity index (χ3n) is 6.08.